The Morgan fingerprint density at radius 2 is 1.92 bits per heavy atom. The highest BCUT2D eigenvalue weighted by Crippen LogP contribution is 1.90. The van der Waals surface area contributed by atoms with Crippen molar-refractivity contribution in [3.63, 3.8) is 0 Å². The normalized spacial score (nSPS) is 7.58. The molecule has 0 aromatic heterocycles. The van der Waals surface area contributed by atoms with Crippen LogP contribution in [0.25, 0.3) is 0 Å². The zero-order valence-corrected chi connectivity index (χ0v) is 7.12. The van der Waals surface area contributed by atoms with E-state index in [1.165, 1.54) is 0 Å². The van der Waals surface area contributed by atoms with Crippen LogP contribution >= 0.6 is 0 Å². The second kappa shape index (κ2) is 9.87. The summed E-state index contributed by atoms with van der Waals surface area (Å²) in [6.45, 7) is 7.88. The molecular formula is C8H14O4. The van der Waals surface area contributed by atoms with Crippen LogP contribution in [-0.4, -0.2) is 29.4 Å². The van der Waals surface area contributed by atoms with E-state index < -0.39 is 5.97 Å². The molecule has 2 N–H and O–H groups in total. The molecule has 0 bridgehead atoms. The molecule has 0 amide bonds. The quantitative estimate of drug-likeness (QED) is 0.365. The molecule has 0 aromatic carbocycles. The monoisotopic (exact) mass is 174 g/mol. The largest absolute Gasteiger partial charge is 0.432 e. The van der Waals surface area contributed by atoms with Crippen molar-refractivity contribution in [3.8, 4) is 0 Å². The first kappa shape index (κ1) is 13.5. The number of aliphatic hydroxyl groups is 2. The average Bonchev–Trinajstić information content (AvgIpc) is 2.05. The maximum Gasteiger partial charge on any atom is 0.337 e. The summed E-state index contributed by atoms with van der Waals surface area (Å²) < 4.78 is 4.33. The Morgan fingerprint density at radius 1 is 1.50 bits per heavy atom. The summed E-state index contributed by atoms with van der Waals surface area (Å²) in [5, 5.41) is 15.2. The van der Waals surface area contributed by atoms with Crippen LogP contribution in [0.1, 0.15) is 6.92 Å². The predicted molar refractivity (Wildman–Crippen MR) is 45.3 cm³/mol. The fourth-order valence-electron chi connectivity index (χ4n) is 0.176. The minimum atomic E-state index is -0.431. The smallest absolute Gasteiger partial charge is 0.337 e. The minimum absolute atomic E-state index is 0.125. The van der Waals surface area contributed by atoms with Crippen molar-refractivity contribution in [2.45, 2.75) is 6.92 Å². The summed E-state index contributed by atoms with van der Waals surface area (Å²) in [7, 11) is 0. The van der Waals surface area contributed by atoms with Crippen molar-refractivity contribution >= 4 is 5.97 Å². The summed E-state index contributed by atoms with van der Waals surface area (Å²) in [6.07, 6.45) is 1.08. The summed E-state index contributed by atoms with van der Waals surface area (Å²) in [5.74, 6) is -0.431. The van der Waals surface area contributed by atoms with E-state index >= 15 is 0 Å². The number of carbonyl (C=O) groups excluding carboxylic acids is 1. The fraction of sp³-hybridized carbons (Fsp3) is 0.375. The van der Waals surface area contributed by atoms with Crippen LogP contribution in [0.4, 0.5) is 0 Å². The van der Waals surface area contributed by atoms with Crippen molar-refractivity contribution in [1.82, 2.24) is 0 Å². The van der Waals surface area contributed by atoms with Gasteiger partial charge in [-0.1, -0.05) is 13.2 Å². The third kappa shape index (κ3) is 11.6. The molecule has 0 heterocycles. The van der Waals surface area contributed by atoms with Crippen molar-refractivity contribution in [2.24, 2.45) is 0 Å². The van der Waals surface area contributed by atoms with E-state index in [1.54, 1.807) is 6.92 Å². The van der Waals surface area contributed by atoms with E-state index in [1.807, 2.05) is 0 Å². The van der Waals surface area contributed by atoms with Gasteiger partial charge in [0.2, 0.25) is 0 Å². The molecule has 0 aromatic rings. The van der Waals surface area contributed by atoms with Crippen LogP contribution in [0, 0.1) is 0 Å². The molecule has 0 aliphatic carbocycles. The highest BCUT2D eigenvalue weighted by molar-refractivity contribution is 5.87. The van der Waals surface area contributed by atoms with Crippen molar-refractivity contribution < 1.29 is 19.7 Å². The summed E-state index contributed by atoms with van der Waals surface area (Å²) in [6, 6.07) is 0. The van der Waals surface area contributed by atoms with E-state index in [0.29, 0.717) is 5.57 Å². The number of hydrogen-bond donors (Lipinski definition) is 2. The van der Waals surface area contributed by atoms with Gasteiger partial charge in [0, 0.05) is 5.57 Å². The van der Waals surface area contributed by atoms with E-state index in [0.717, 1.165) is 6.26 Å². The number of hydrogen-bond acceptors (Lipinski definition) is 4. The third-order valence-corrected chi connectivity index (χ3v) is 0.639. The van der Waals surface area contributed by atoms with Crippen LogP contribution in [0.2, 0.25) is 0 Å². The molecular weight excluding hydrogens is 160 g/mol. The predicted octanol–water partition coefficient (Wildman–Crippen LogP) is 0.220. The lowest BCUT2D eigenvalue weighted by molar-refractivity contribution is -0.133. The zero-order valence-electron chi connectivity index (χ0n) is 7.12. The molecule has 0 fully saturated rings. The molecule has 4 heteroatoms. The van der Waals surface area contributed by atoms with Gasteiger partial charge in [-0.25, -0.2) is 4.79 Å². The Morgan fingerprint density at radius 3 is 2.00 bits per heavy atom. The summed E-state index contributed by atoms with van der Waals surface area (Å²) in [5.41, 5.74) is 0.380. The van der Waals surface area contributed by atoms with Crippen molar-refractivity contribution in [3.05, 3.63) is 25.0 Å². The molecule has 0 aliphatic rings. The van der Waals surface area contributed by atoms with Gasteiger partial charge in [-0.2, -0.15) is 0 Å². The van der Waals surface area contributed by atoms with Crippen LogP contribution in [0.3, 0.4) is 0 Å². The van der Waals surface area contributed by atoms with E-state index in [9.17, 15) is 4.79 Å². The summed E-state index contributed by atoms with van der Waals surface area (Å²) in [4.78, 5) is 10.3. The molecule has 0 aliphatic heterocycles. The van der Waals surface area contributed by atoms with Crippen LogP contribution in [0.15, 0.2) is 25.0 Å². The second-order valence-electron chi connectivity index (χ2n) is 1.80. The highest BCUT2D eigenvalue weighted by Gasteiger charge is 1.97. The zero-order chi connectivity index (χ0) is 9.98. The lowest BCUT2D eigenvalue weighted by Gasteiger charge is -1.92. The molecule has 0 spiro atoms. The van der Waals surface area contributed by atoms with Gasteiger partial charge < -0.3 is 14.9 Å². The molecule has 12 heavy (non-hydrogen) atoms. The topological polar surface area (TPSA) is 66.8 Å². The fourth-order valence-corrected chi connectivity index (χ4v) is 0.176. The van der Waals surface area contributed by atoms with E-state index in [2.05, 4.69) is 17.9 Å². The number of carbonyl (C=O) groups is 1. The van der Waals surface area contributed by atoms with Gasteiger partial charge in [0.1, 0.15) is 0 Å². The first-order valence-electron chi connectivity index (χ1n) is 3.29. The lowest BCUT2D eigenvalue weighted by atomic mass is 10.4. The number of aliphatic hydroxyl groups excluding tert-OH is 2. The van der Waals surface area contributed by atoms with Gasteiger partial charge >= 0.3 is 5.97 Å². The van der Waals surface area contributed by atoms with E-state index in [-0.39, 0.29) is 13.2 Å². The molecule has 0 rings (SSSR count). The van der Waals surface area contributed by atoms with Gasteiger partial charge in [0.15, 0.2) is 0 Å². The molecule has 0 saturated carbocycles. The molecule has 4 nitrogen and oxygen atoms in total. The molecule has 0 saturated heterocycles. The number of rotatable bonds is 3. The Kier molecular flexibility index (Phi) is 11.1. The van der Waals surface area contributed by atoms with E-state index in [4.69, 9.17) is 10.2 Å². The lowest BCUT2D eigenvalue weighted by Crippen LogP contribution is -1.98. The Labute approximate surface area is 71.8 Å². The molecule has 70 valence electrons. The molecule has 0 unspecified atom stereocenters. The molecule has 0 radical (unpaired) electrons. The van der Waals surface area contributed by atoms with Crippen LogP contribution < -0.4 is 0 Å². The third-order valence-electron chi connectivity index (χ3n) is 0.639. The average molecular weight is 174 g/mol. The SMILES string of the molecule is C=COC(=O)C(=C)C.OCCO. The van der Waals surface area contributed by atoms with Crippen LogP contribution in [-0.2, 0) is 9.53 Å². The van der Waals surface area contributed by atoms with Gasteiger partial charge in [-0.3, -0.25) is 0 Å². The highest BCUT2D eigenvalue weighted by atomic mass is 16.5. The van der Waals surface area contributed by atoms with Gasteiger partial charge in [-0.15, -0.1) is 0 Å². The first-order valence-corrected chi connectivity index (χ1v) is 3.29. The minimum Gasteiger partial charge on any atom is -0.432 e. The standard InChI is InChI=1S/C6H8O2.C2H6O2/c1-4-8-6(7)5(2)3;3-1-2-4/h4H,1-2H2,3H3;3-4H,1-2H2. The first-order chi connectivity index (χ1) is 5.59. The van der Waals surface area contributed by atoms with Crippen LogP contribution in [0.5, 0.6) is 0 Å². The van der Waals surface area contributed by atoms with Crippen molar-refractivity contribution in [1.29, 1.82) is 0 Å². The second-order valence-corrected chi connectivity index (χ2v) is 1.80. The Hall–Kier alpha value is -1.13. The Bertz CT molecular complexity index is 149. The number of ether oxygens (including phenoxy) is 1. The van der Waals surface area contributed by atoms with Gasteiger partial charge in [0.05, 0.1) is 19.5 Å². The Balaban J connectivity index is 0. The van der Waals surface area contributed by atoms with Gasteiger partial charge in [0.25, 0.3) is 0 Å². The summed E-state index contributed by atoms with van der Waals surface area (Å²) >= 11 is 0. The van der Waals surface area contributed by atoms with Crippen molar-refractivity contribution in [2.75, 3.05) is 13.2 Å². The van der Waals surface area contributed by atoms with Gasteiger partial charge in [-0.05, 0) is 6.92 Å². The maximum atomic E-state index is 10.3. The number of esters is 1. The molecule has 0 atom stereocenters. The maximum absolute atomic E-state index is 10.3.